The van der Waals surface area contributed by atoms with Gasteiger partial charge in [-0.3, -0.25) is 9.59 Å². The second kappa shape index (κ2) is 9.48. The van der Waals surface area contributed by atoms with E-state index in [1.165, 1.54) is 6.08 Å². The molecule has 0 aromatic heterocycles. The van der Waals surface area contributed by atoms with Crippen LogP contribution in [0.25, 0.3) is 0 Å². The summed E-state index contributed by atoms with van der Waals surface area (Å²) in [6.07, 6.45) is 5.21. The van der Waals surface area contributed by atoms with Crippen LogP contribution >= 0.6 is 0 Å². The quantitative estimate of drug-likeness (QED) is 0.319. The SMILES string of the molecule is C[C@@H](CC[C@H](NC(=O)/C=C1/CCCCN1)B(O)O)CC(=O)O. The van der Waals surface area contributed by atoms with Gasteiger partial charge in [-0.15, -0.1) is 0 Å². The van der Waals surface area contributed by atoms with Crippen molar-refractivity contribution < 1.29 is 24.7 Å². The summed E-state index contributed by atoms with van der Waals surface area (Å²) < 4.78 is 0. The number of hydrogen-bond acceptors (Lipinski definition) is 5. The molecule has 2 atom stereocenters. The van der Waals surface area contributed by atoms with E-state index in [1.807, 2.05) is 0 Å². The number of piperidine rings is 1. The lowest BCUT2D eigenvalue weighted by Gasteiger charge is -2.20. The van der Waals surface area contributed by atoms with Gasteiger partial charge in [0.05, 0.1) is 5.94 Å². The van der Waals surface area contributed by atoms with Gasteiger partial charge in [0, 0.05) is 24.7 Å². The van der Waals surface area contributed by atoms with Gasteiger partial charge in [0.2, 0.25) is 5.91 Å². The number of hydrogen-bond donors (Lipinski definition) is 5. The number of rotatable bonds is 8. The zero-order valence-corrected chi connectivity index (χ0v) is 12.9. The van der Waals surface area contributed by atoms with Crippen LogP contribution in [0.3, 0.4) is 0 Å². The van der Waals surface area contributed by atoms with Gasteiger partial charge < -0.3 is 25.8 Å². The van der Waals surface area contributed by atoms with Crippen molar-refractivity contribution in [1.82, 2.24) is 10.6 Å². The van der Waals surface area contributed by atoms with Gasteiger partial charge in [-0.05, 0) is 38.0 Å². The molecule has 22 heavy (non-hydrogen) atoms. The molecule has 7 nitrogen and oxygen atoms in total. The monoisotopic (exact) mass is 312 g/mol. The molecule has 1 heterocycles. The fourth-order valence-corrected chi connectivity index (χ4v) is 2.44. The van der Waals surface area contributed by atoms with E-state index in [0.717, 1.165) is 31.5 Å². The van der Waals surface area contributed by atoms with Crippen LogP contribution in [0.5, 0.6) is 0 Å². The maximum Gasteiger partial charge on any atom is 0.475 e. The highest BCUT2D eigenvalue weighted by Crippen LogP contribution is 2.13. The van der Waals surface area contributed by atoms with Crippen LogP contribution in [0.1, 0.15) is 45.4 Å². The van der Waals surface area contributed by atoms with Crippen LogP contribution < -0.4 is 10.6 Å². The minimum absolute atomic E-state index is 0.0240. The van der Waals surface area contributed by atoms with Crippen LogP contribution in [0.15, 0.2) is 11.8 Å². The average molecular weight is 312 g/mol. The number of amides is 1. The Morgan fingerprint density at radius 3 is 2.64 bits per heavy atom. The maximum absolute atomic E-state index is 11.9. The number of allylic oxidation sites excluding steroid dienone is 1. The Morgan fingerprint density at radius 2 is 2.09 bits per heavy atom. The molecule has 0 aliphatic carbocycles. The fraction of sp³-hybridized carbons (Fsp3) is 0.714. The lowest BCUT2D eigenvalue weighted by atomic mass is 9.75. The average Bonchev–Trinajstić information content (AvgIpc) is 2.43. The van der Waals surface area contributed by atoms with Crippen molar-refractivity contribution >= 4 is 19.0 Å². The summed E-state index contributed by atoms with van der Waals surface area (Å²) >= 11 is 0. The molecule has 124 valence electrons. The third-order valence-electron chi connectivity index (χ3n) is 3.71. The predicted octanol–water partition coefficient (Wildman–Crippen LogP) is 0.0316. The lowest BCUT2D eigenvalue weighted by molar-refractivity contribution is -0.138. The molecular weight excluding hydrogens is 287 g/mol. The smallest absolute Gasteiger partial charge is 0.475 e. The topological polar surface area (TPSA) is 119 Å². The van der Waals surface area contributed by atoms with Gasteiger partial charge >= 0.3 is 13.1 Å². The summed E-state index contributed by atoms with van der Waals surface area (Å²) in [7, 11) is -1.67. The number of nitrogens with one attached hydrogen (secondary N) is 2. The van der Waals surface area contributed by atoms with Gasteiger partial charge in [-0.25, -0.2) is 0 Å². The molecule has 5 N–H and O–H groups in total. The van der Waals surface area contributed by atoms with Gasteiger partial charge in [-0.2, -0.15) is 0 Å². The van der Waals surface area contributed by atoms with Crippen LogP contribution in [0.2, 0.25) is 0 Å². The van der Waals surface area contributed by atoms with Crippen LogP contribution in [0.4, 0.5) is 0 Å². The molecule has 1 aliphatic heterocycles. The van der Waals surface area contributed by atoms with E-state index in [9.17, 15) is 19.6 Å². The Bertz CT molecular complexity index is 406. The number of carbonyl (C=O) groups is 2. The summed E-state index contributed by atoms with van der Waals surface area (Å²) in [6.45, 7) is 2.63. The van der Waals surface area contributed by atoms with E-state index in [1.54, 1.807) is 6.92 Å². The Kier molecular flexibility index (Phi) is 7.97. The molecule has 1 rings (SSSR count). The normalized spacial score (nSPS) is 19.1. The summed E-state index contributed by atoms with van der Waals surface area (Å²) in [5.41, 5.74) is 0.856. The zero-order chi connectivity index (χ0) is 16.5. The Morgan fingerprint density at radius 1 is 1.36 bits per heavy atom. The van der Waals surface area contributed by atoms with Crippen molar-refractivity contribution in [3.63, 3.8) is 0 Å². The van der Waals surface area contributed by atoms with Gasteiger partial charge in [0.15, 0.2) is 0 Å². The van der Waals surface area contributed by atoms with Crippen LogP contribution in [0, 0.1) is 5.92 Å². The van der Waals surface area contributed by atoms with Gasteiger partial charge in [-0.1, -0.05) is 6.92 Å². The van der Waals surface area contributed by atoms with Crippen molar-refractivity contribution in [3.05, 3.63) is 11.8 Å². The molecule has 1 fully saturated rings. The highest BCUT2D eigenvalue weighted by atomic mass is 16.4. The molecule has 1 saturated heterocycles. The number of carboxylic acid groups (broad SMARTS) is 1. The lowest BCUT2D eigenvalue weighted by Crippen LogP contribution is -2.46. The highest BCUT2D eigenvalue weighted by molar-refractivity contribution is 6.43. The molecular formula is C14H25BN2O5. The third kappa shape index (κ3) is 7.47. The Hall–Kier alpha value is -1.54. The molecule has 0 unspecified atom stereocenters. The predicted molar refractivity (Wildman–Crippen MR) is 82.7 cm³/mol. The molecule has 0 bridgehead atoms. The van der Waals surface area contributed by atoms with Crippen molar-refractivity contribution in [1.29, 1.82) is 0 Å². The van der Waals surface area contributed by atoms with E-state index in [-0.39, 0.29) is 18.2 Å². The van der Waals surface area contributed by atoms with Gasteiger partial charge in [0.1, 0.15) is 0 Å². The Labute approximate surface area is 130 Å². The van der Waals surface area contributed by atoms with Crippen molar-refractivity contribution in [2.24, 2.45) is 5.92 Å². The molecule has 0 spiro atoms. The van der Waals surface area contributed by atoms with Crippen LogP contribution in [-0.4, -0.2) is 46.6 Å². The minimum Gasteiger partial charge on any atom is -0.481 e. The summed E-state index contributed by atoms with van der Waals surface area (Å²) in [4.78, 5) is 22.5. The minimum atomic E-state index is -1.67. The first-order valence-corrected chi connectivity index (χ1v) is 7.71. The van der Waals surface area contributed by atoms with Crippen molar-refractivity contribution in [2.45, 2.75) is 51.4 Å². The van der Waals surface area contributed by atoms with E-state index >= 15 is 0 Å². The first-order chi connectivity index (χ1) is 10.4. The zero-order valence-electron chi connectivity index (χ0n) is 12.9. The summed E-state index contributed by atoms with van der Waals surface area (Å²) in [6, 6.07) is 0. The standard InChI is InChI=1S/C14H25BN2O5/c1-10(8-14(19)20)5-6-12(15(21)22)17-13(18)9-11-4-2-3-7-16-11/h9-10,12,16,21-22H,2-8H2,1H3,(H,17,18)(H,19,20)/b11-9-/t10-,12-/m0/s1. The number of aliphatic carboxylic acids is 1. The van der Waals surface area contributed by atoms with Gasteiger partial charge in [0.25, 0.3) is 0 Å². The second-order valence-corrected chi connectivity index (χ2v) is 5.86. The van der Waals surface area contributed by atoms with Crippen molar-refractivity contribution in [2.75, 3.05) is 6.54 Å². The number of carboxylic acids is 1. The van der Waals surface area contributed by atoms with E-state index < -0.39 is 19.0 Å². The molecule has 0 aromatic carbocycles. The highest BCUT2D eigenvalue weighted by Gasteiger charge is 2.25. The molecule has 8 heteroatoms. The largest absolute Gasteiger partial charge is 0.481 e. The first-order valence-electron chi connectivity index (χ1n) is 7.71. The number of carbonyl (C=O) groups excluding carboxylic acids is 1. The summed E-state index contributed by atoms with van der Waals surface area (Å²) in [5.74, 6) is -2.14. The maximum atomic E-state index is 11.9. The van der Waals surface area contributed by atoms with E-state index in [0.29, 0.717) is 12.8 Å². The molecule has 1 aliphatic rings. The molecule has 0 radical (unpaired) electrons. The fourth-order valence-electron chi connectivity index (χ4n) is 2.44. The Balaban J connectivity index is 2.45. The third-order valence-corrected chi connectivity index (χ3v) is 3.71. The van der Waals surface area contributed by atoms with E-state index in [2.05, 4.69) is 10.6 Å². The summed E-state index contributed by atoms with van der Waals surface area (Å²) in [5, 5.41) is 33.1. The molecule has 0 aromatic rings. The molecule has 0 saturated carbocycles. The molecule has 1 amide bonds. The second-order valence-electron chi connectivity index (χ2n) is 5.86. The van der Waals surface area contributed by atoms with E-state index in [4.69, 9.17) is 5.11 Å². The first kappa shape index (κ1) is 18.5. The van der Waals surface area contributed by atoms with Crippen molar-refractivity contribution in [3.8, 4) is 0 Å². The van der Waals surface area contributed by atoms with Crippen LogP contribution in [-0.2, 0) is 9.59 Å².